The van der Waals surface area contributed by atoms with Crippen LogP contribution in [0.1, 0.15) is 23.2 Å². The summed E-state index contributed by atoms with van der Waals surface area (Å²) >= 11 is 0. The van der Waals surface area contributed by atoms with Gasteiger partial charge in [-0.25, -0.2) is 4.98 Å². The minimum Gasteiger partial charge on any atom is -0.495 e. The molecule has 1 aliphatic rings. The molecule has 1 aliphatic heterocycles. The molecule has 1 amide bonds. The predicted molar refractivity (Wildman–Crippen MR) is 108 cm³/mol. The number of para-hydroxylation sites is 2. The molecule has 26 heavy (non-hydrogen) atoms. The molecule has 0 bridgehead atoms. The summed E-state index contributed by atoms with van der Waals surface area (Å²) in [7, 11) is 1.61. The lowest BCUT2D eigenvalue weighted by Crippen LogP contribution is -2.43. The Kier molecular flexibility index (Phi) is 8.65. The highest BCUT2D eigenvalue weighted by Gasteiger charge is 2.24. The fourth-order valence-corrected chi connectivity index (χ4v) is 2.83. The third-order valence-electron chi connectivity index (χ3n) is 4.22. The van der Waals surface area contributed by atoms with Crippen LogP contribution < -0.4 is 15.8 Å². The molecule has 2 heterocycles. The molecular weight excluding hydrogens is 375 g/mol. The topological polar surface area (TPSA) is 80.5 Å². The maximum Gasteiger partial charge on any atom is 0.257 e. The Morgan fingerprint density at radius 2 is 1.88 bits per heavy atom. The molecule has 1 saturated heterocycles. The summed E-state index contributed by atoms with van der Waals surface area (Å²) in [5, 5.41) is 3.21. The van der Waals surface area contributed by atoms with Crippen molar-refractivity contribution < 1.29 is 9.53 Å². The Labute approximate surface area is 165 Å². The van der Waals surface area contributed by atoms with E-state index >= 15 is 0 Å². The van der Waals surface area contributed by atoms with Crippen molar-refractivity contribution in [3.63, 3.8) is 0 Å². The first kappa shape index (κ1) is 22.0. The lowest BCUT2D eigenvalue weighted by atomic mass is 10.1. The molecule has 1 aromatic heterocycles. The molecule has 142 valence electrons. The maximum atomic E-state index is 12.8. The molecule has 0 atom stereocenters. The van der Waals surface area contributed by atoms with Crippen LogP contribution in [0.2, 0.25) is 0 Å². The number of nitrogens with one attached hydrogen (secondary N) is 1. The second kappa shape index (κ2) is 10.2. The van der Waals surface area contributed by atoms with Crippen LogP contribution in [0, 0.1) is 0 Å². The number of amides is 1. The number of hydrogen-bond donors (Lipinski definition) is 2. The fraction of sp³-hybridized carbons (Fsp3) is 0.333. The van der Waals surface area contributed by atoms with Gasteiger partial charge in [-0.15, -0.1) is 24.8 Å². The minimum absolute atomic E-state index is 0. The number of aromatic nitrogens is 1. The number of nitrogens with zero attached hydrogens (tertiary/aromatic N) is 2. The van der Waals surface area contributed by atoms with Crippen molar-refractivity contribution in [2.24, 2.45) is 5.73 Å². The average Bonchev–Trinajstić information content (AvgIpc) is 2.63. The van der Waals surface area contributed by atoms with Gasteiger partial charge in [0, 0.05) is 25.3 Å². The van der Waals surface area contributed by atoms with Gasteiger partial charge in [0.25, 0.3) is 5.91 Å². The first-order valence-electron chi connectivity index (χ1n) is 8.09. The molecule has 0 unspecified atom stereocenters. The van der Waals surface area contributed by atoms with Crippen LogP contribution in [0.4, 0.5) is 11.5 Å². The molecule has 0 aliphatic carbocycles. The summed E-state index contributed by atoms with van der Waals surface area (Å²) in [6.45, 7) is 1.37. The number of benzene rings is 1. The van der Waals surface area contributed by atoms with Crippen molar-refractivity contribution in [2.75, 3.05) is 25.5 Å². The van der Waals surface area contributed by atoms with Crippen LogP contribution in [0.15, 0.2) is 42.6 Å². The van der Waals surface area contributed by atoms with Crippen LogP contribution in [-0.2, 0) is 0 Å². The van der Waals surface area contributed by atoms with E-state index in [1.165, 1.54) is 0 Å². The van der Waals surface area contributed by atoms with Gasteiger partial charge in [0.1, 0.15) is 11.6 Å². The zero-order chi connectivity index (χ0) is 16.9. The Morgan fingerprint density at radius 3 is 2.58 bits per heavy atom. The molecule has 2 aromatic rings. The van der Waals surface area contributed by atoms with Crippen LogP contribution in [0.5, 0.6) is 5.75 Å². The summed E-state index contributed by atoms with van der Waals surface area (Å²) in [6, 6.07) is 11.3. The van der Waals surface area contributed by atoms with Gasteiger partial charge < -0.3 is 20.7 Å². The van der Waals surface area contributed by atoms with Crippen LogP contribution >= 0.6 is 24.8 Å². The third-order valence-corrected chi connectivity index (χ3v) is 4.22. The lowest BCUT2D eigenvalue weighted by Gasteiger charge is -2.30. The Hall–Kier alpha value is -2.02. The highest BCUT2D eigenvalue weighted by Crippen LogP contribution is 2.28. The lowest BCUT2D eigenvalue weighted by molar-refractivity contribution is 0.0715. The molecule has 0 saturated carbocycles. The maximum absolute atomic E-state index is 12.8. The van der Waals surface area contributed by atoms with Gasteiger partial charge in [0.15, 0.2) is 0 Å². The highest BCUT2D eigenvalue weighted by molar-refractivity contribution is 5.99. The van der Waals surface area contributed by atoms with E-state index in [0.717, 1.165) is 18.5 Å². The summed E-state index contributed by atoms with van der Waals surface area (Å²) in [5.74, 6) is 1.21. The number of carbonyl (C=O) groups excluding carboxylic acids is 1. The quantitative estimate of drug-likeness (QED) is 0.825. The van der Waals surface area contributed by atoms with Gasteiger partial charge in [0.05, 0.1) is 18.4 Å². The molecule has 0 radical (unpaired) electrons. The second-order valence-electron chi connectivity index (χ2n) is 5.85. The van der Waals surface area contributed by atoms with Crippen molar-refractivity contribution in [1.29, 1.82) is 0 Å². The van der Waals surface area contributed by atoms with Gasteiger partial charge in [-0.05, 0) is 37.1 Å². The normalized spacial score (nSPS) is 14.0. The zero-order valence-corrected chi connectivity index (χ0v) is 16.2. The molecular formula is C18H24Cl2N4O2. The van der Waals surface area contributed by atoms with E-state index in [2.05, 4.69) is 10.3 Å². The number of carbonyl (C=O) groups is 1. The van der Waals surface area contributed by atoms with Crippen LogP contribution in [0.3, 0.4) is 0 Å². The largest absolute Gasteiger partial charge is 0.495 e. The van der Waals surface area contributed by atoms with E-state index in [9.17, 15) is 4.79 Å². The number of anilines is 2. The van der Waals surface area contributed by atoms with Crippen molar-refractivity contribution in [1.82, 2.24) is 9.88 Å². The minimum atomic E-state index is -0.0209. The molecule has 3 N–H and O–H groups in total. The third kappa shape index (κ3) is 5.00. The number of ether oxygens (including phenoxy) is 1. The van der Waals surface area contributed by atoms with Crippen molar-refractivity contribution in [3.8, 4) is 5.75 Å². The van der Waals surface area contributed by atoms with Gasteiger partial charge in [-0.3, -0.25) is 4.79 Å². The molecule has 1 aromatic carbocycles. The van der Waals surface area contributed by atoms with E-state index in [-0.39, 0.29) is 36.8 Å². The first-order valence-corrected chi connectivity index (χ1v) is 8.09. The average molecular weight is 399 g/mol. The van der Waals surface area contributed by atoms with Gasteiger partial charge in [-0.1, -0.05) is 12.1 Å². The molecule has 0 spiro atoms. The fourth-order valence-electron chi connectivity index (χ4n) is 2.83. The zero-order valence-electron chi connectivity index (χ0n) is 14.6. The number of pyridine rings is 1. The van der Waals surface area contributed by atoms with Gasteiger partial charge in [0.2, 0.25) is 0 Å². The van der Waals surface area contributed by atoms with E-state index in [1.807, 2.05) is 29.2 Å². The number of piperidine rings is 1. The smallest absolute Gasteiger partial charge is 0.257 e. The van der Waals surface area contributed by atoms with Crippen molar-refractivity contribution in [3.05, 3.63) is 48.2 Å². The van der Waals surface area contributed by atoms with Crippen molar-refractivity contribution >= 4 is 42.2 Å². The first-order chi connectivity index (χ1) is 11.7. The summed E-state index contributed by atoms with van der Waals surface area (Å²) < 4.78 is 5.35. The Morgan fingerprint density at radius 1 is 1.19 bits per heavy atom. The Bertz CT molecular complexity index is 722. The molecule has 1 fully saturated rings. The van der Waals surface area contributed by atoms with E-state index < -0.39 is 0 Å². The van der Waals surface area contributed by atoms with Crippen LogP contribution in [0.25, 0.3) is 0 Å². The molecule has 3 rings (SSSR count). The Balaban J connectivity index is 0.00000169. The van der Waals surface area contributed by atoms with Crippen molar-refractivity contribution in [2.45, 2.75) is 18.9 Å². The number of rotatable bonds is 4. The molecule has 6 nitrogen and oxygen atoms in total. The summed E-state index contributed by atoms with van der Waals surface area (Å²) in [6.07, 6.45) is 3.34. The SMILES string of the molecule is COc1ccccc1Nc1ncccc1C(=O)N1CCC(N)CC1.Cl.Cl. The number of hydrogen-bond acceptors (Lipinski definition) is 5. The summed E-state index contributed by atoms with van der Waals surface area (Å²) in [5.41, 5.74) is 7.25. The van der Waals surface area contributed by atoms with E-state index in [4.69, 9.17) is 10.5 Å². The van der Waals surface area contributed by atoms with Gasteiger partial charge in [-0.2, -0.15) is 0 Å². The van der Waals surface area contributed by atoms with E-state index in [1.54, 1.807) is 25.4 Å². The van der Waals surface area contributed by atoms with Gasteiger partial charge >= 0.3 is 0 Å². The predicted octanol–water partition coefficient (Wildman–Crippen LogP) is 3.24. The number of methoxy groups -OCH3 is 1. The highest BCUT2D eigenvalue weighted by atomic mass is 35.5. The van der Waals surface area contributed by atoms with Crippen LogP contribution in [-0.4, -0.2) is 42.0 Å². The summed E-state index contributed by atoms with van der Waals surface area (Å²) in [4.78, 5) is 19.0. The standard InChI is InChI=1S/C18H22N4O2.2ClH/c1-24-16-7-3-2-6-15(16)21-17-14(5-4-10-20-17)18(23)22-11-8-13(19)9-12-22;;/h2-7,10,13H,8-9,11-12,19H2,1H3,(H,20,21);2*1H. The van der Waals surface area contributed by atoms with E-state index in [0.29, 0.717) is 30.2 Å². The number of halogens is 2. The number of nitrogens with two attached hydrogens (primary N) is 1. The second-order valence-corrected chi connectivity index (χ2v) is 5.85. The number of likely N-dealkylation sites (tertiary alicyclic amines) is 1. The monoisotopic (exact) mass is 398 g/mol. The molecule has 8 heteroatoms.